The van der Waals surface area contributed by atoms with Crippen molar-refractivity contribution in [3.05, 3.63) is 0 Å². The number of piperazine rings is 1. The molecule has 0 saturated carbocycles. The molecule has 1 unspecified atom stereocenters. The van der Waals surface area contributed by atoms with E-state index < -0.39 is 15.4 Å². The quantitative estimate of drug-likeness (QED) is 0.716. The van der Waals surface area contributed by atoms with Gasteiger partial charge >= 0.3 is 0 Å². The van der Waals surface area contributed by atoms with Crippen molar-refractivity contribution < 1.29 is 13.2 Å². The monoisotopic (exact) mass is 289 g/mol. The first kappa shape index (κ1) is 14.7. The Morgan fingerprint density at radius 3 is 2.42 bits per heavy atom. The fraction of sp³-hybridized carbons (Fsp3) is 0.917. The number of rotatable bonds is 3. The van der Waals surface area contributed by atoms with E-state index in [0.29, 0.717) is 6.42 Å². The highest BCUT2D eigenvalue weighted by molar-refractivity contribution is 7.91. The highest BCUT2D eigenvalue weighted by Crippen LogP contribution is 2.22. The van der Waals surface area contributed by atoms with Crippen molar-refractivity contribution in [2.75, 3.05) is 51.3 Å². The molecule has 19 heavy (non-hydrogen) atoms. The number of carbonyl (C=O) groups is 1. The Balaban J connectivity index is 1.81. The molecule has 0 bridgehead atoms. The van der Waals surface area contributed by atoms with Crippen molar-refractivity contribution in [3.63, 3.8) is 0 Å². The molecule has 0 aromatic carbocycles. The smallest absolute Gasteiger partial charge is 0.236 e. The predicted molar refractivity (Wildman–Crippen MR) is 73.8 cm³/mol. The van der Waals surface area contributed by atoms with Crippen LogP contribution in [0.2, 0.25) is 0 Å². The summed E-state index contributed by atoms with van der Waals surface area (Å²) in [5, 5.41) is 3.14. The molecule has 2 rings (SSSR count). The highest BCUT2D eigenvalue weighted by atomic mass is 32.2. The van der Waals surface area contributed by atoms with E-state index in [1.165, 1.54) is 0 Å². The van der Waals surface area contributed by atoms with Gasteiger partial charge in [0, 0.05) is 31.7 Å². The normalized spacial score (nSPS) is 31.6. The van der Waals surface area contributed by atoms with E-state index >= 15 is 0 Å². The van der Waals surface area contributed by atoms with Gasteiger partial charge in [-0.15, -0.1) is 0 Å². The van der Waals surface area contributed by atoms with E-state index in [-0.39, 0.29) is 24.0 Å². The Kier molecular flexibility index (Phi) is 4.17. The second-order valence-corrected chi connectivity index (χ2v) is 8.12. The fourth-order valence-corrected chi connectivity index (χ4v) is 4.73. The Hall–Kier alpha value is -0.660. The Morgan fingerprint density at radius 1 is 1.26 bits per heavy atom. The molecule has 0 aromatic rings. The molecular weight excluding hydrogens is 266 g/mol. The summed E-state index contributed by atoms with van der Waals surface area (Å²) < 4.78 is 23.0. The lowest BCUT2D eigenvalue weighted by molar-refractivity contribution is -0.132. The largest absolute Gasteiger partial charge is 0.339 e. The third-order valence-electron chi connectivity index (χ3n) is 4.03. The van der Waals surface area contributed by atoms with Crippen LogP contribution in [-0.4, -0.2) is 80.9 Å². The number of carbonyl (C=O) groups excluding carboxylic acids is 1. The third-order valence-corrected chi connectivity index (χ3v) is 5.93. The first-order chi connectivity index (χ1) is 8.80. The van der Waals surface area contributed by atoms with Crippen molar-refractivity contribution in [1.29, 1.82) is 0 Å². The third kappa shape index (κ3) is 3.90. The Labute approximate surface area is 115 Å². The van der Waals surface area contributed by atoms with E-state index in [9.17, 15) is 13.2 Å². The summed E-state index contributed by atoms with van der Waals surface area (Å²) in [5.74, 6) is 0.425. The molecule has 2 aliphatic rings. The molecule has 0 aromatic heterocycles. The minimum absolute atomic E-state index is 0.0682. The van der Waals surface area contributed by atoms with Crippen LogP contribution in [-0.2, 0) is 14.6 Å². The van der Waals surface area contributed by atoms with Gasteiger partial charge in [0.25, 0.3) is 0 Å². The number of nitrogens with zero attached hydrogens (tertiary/aromatic N) is 2. The van der Waals surface area contributed by atoms with Crippen molar-refractivity contribution in [3.8, 4) is 0 Å². The van der Waals surface area contributed by atoms with Crippen molar-refractivity contribution in [2.45, 2.75) is 18.9 Å². The molecule has 2 heterocycles. The van der Waals surface area contributed by atoms with E-state index in [0.717, 1.165) is 26.2 Å². The van der Waals surface area contributed by atoms with Crippen LogP contribution in [0, 0.1) is 0 Å². The second-order valence-electron chi connectivity index (χ2n) is 5.94. The van der Waals surface area contributed by atoms with Gasteiger partial charge in [0.15, 0.2) is 9.84 Å². The lowest BCUT2D eigenvalue weighted by Gasteiger charge is -2.33. The van der Waals surface area contributed by atoms with Gasteiger partial charge in [-0.1, -0.05) is 0 Å². The molecule has 2 fully saturated rings. The van der Waals surface area contributed by atoms with Crippen molar-refractivity contribution in [2.24, 2.45) is 0 Å². The zero-order valence-corrected chi connectivity index (χ0v) is 12.5. The zero-order valence-electron chi connectivity index (χ0n) is 11.7. The maximum absolute atomic E-state index is 12.1. The molecule has 7 heteroatoms. The summed E-state index contributed by atoms with van der Waals surface area (Å²) in [5.41, 5.74) is -0.443. The maximum atomic E-state index is 12.1. The number of likely N-dealkylation sites (N-methyl/N-ethyl adjacent to an activating group) is 1. The van der Waals surface area contributed by atoms with Gasteiger partial charge < -0.3 is 15.1 Å². The van der Waals surface area contributed by atoms with Crippen LogP contribution in [0.1, 0.15) is 13.3 Å². The van der Waals surface area contributed by atoms with Crippen LogP contribution in [0.5, 0.6) is 0 Å². The summed E-state index contributed by atoms with van der Waals surface area (Å²) in [4.78, 5) is 16.1. The Bertz CT molecular complexity index is 443. The minimum atomic E-state index is -2.93. The van der Waals surface area contributed by atoms with Crippen molar-refractivity contribution >= 4 is 15.7 Å². The Morgan fingerprint density at radius 2 is 1.89 bits per heavy atom. The van der Waals surface area contributed by atoms with Gasteiger partial charge in [0.1, 0.15) is 0 Å². The maximum Gasteiger partial charge on any atom is 0.236 e. The molecular formula is C12H23N3O3S. The van der Waals surface area contributed by atoms with Crippen LogP contribution in [0.25, 0.3) is 0 Å². The number of nitrogens with one attached hydrogen (secondary N) is 1. The second kappa shape index (κ2) is 5.38. The van der Waals surface area contributed by atoms with Crippen LogP contribution in [0.15, 0.2) is 0 Å². The molecule has 2 saturated heterocycles. The van der Waals surface area contributed by atoms with Crippen molar-refractivity contribution in [1.82, 2.24) is 15.1 Å². The van der Waals surface area contributed by atoms with Crippen LogP contribution >= 0.6 is 0 Å². The summed E-state index contributed by atoms with van der Waals surface area (Å²) in [6.45, 7) is 5.43. The fourth-order valence-electron chi connectivity index (χ4n) is 2.61. The molecule has 2 aliphatic heterocycles. The molecule has 1 N–H and O–H groups in total. The standard InChI is InChI=1S/C12H23N3O3S/c1-12(3-8-19(17,18)10-12)13-9-11(16)15-6-4-14(2)5-7-15/h13H,3-10H2,1-2H3. The summed E-state index contributed by atoms with van der Waals surface area (Å²) >= 11 is 0. The van der Waals surface area contributed by atoms with E-state index in [2.05, 4.69) is 10.2 Å². The predicted octanol–water partition coefficient (Wildman–Crippen LogP) is -1.07. The van der Waals surface area contributed by atoms with E-state index in [4.69, 9.17) is 0 Å². The average Bonchev–Trinajstić information content (AvgIpc) is 2.62. The van der Waals surface area contributed by atoms with Crippen LogP contribution in [0.4, 0.5) is 0 Å². The van der Waals surface area contributed by atoms with Gasteiger partial charge in [0.2, 0.25) is 5.91 Å². The first-order valence-electron chi connectivity index (χ1n) is 6.71. The topological polar surface area (TPSA) is 69.7 Å². The van der Waals surface area contributed by atoms with Gasteiger partial charge in [-0.3, -0.25) is 4.79 Å². The lowest BCUT2D eigenvalue weighted by atomic mass is 10.0. The zero-order chi connectivity index (χ0) is 14.1. The summed E-state index contributed by atoms with van der Waals surface area (Å²) in [6.07, 6.45) is 0.589. The molecule has 0 radical (unpaired) electrons. The minimum Gasteiger partial charge on any atom is -0.339 e. The van der Waals surface area contributed by atoms with E-state index in [1.54, 1.807) is 0 Å². The first-order valence-corrected chi connectivity index (χ1v) is 8.54. The number of amides is 1. The molecule has 0 aliphatic carbocycles. The SMILES string of the molecule is CN1CCN(C(=O)CNC2(C)CCS(=O)(=O)C2)CC1. The molecule has 0 spiro atoms. The van der Waals surface area contributed by atoms with Crippen LogP contribution < -0.4 is 5.32 Å². The van der Waals surface area contributed by atoms with Gasteiger partial charge in [-0.2, -0.15) is 0 Å². The van der Waals surface area contributed by atoms with E-state index in [1.807, 2.05) is 18.9 Å². The summed E-state index contributed by atoms with van der Waals surface area (Å²) in [7, 11) is -0.882. The number of hydrogen-bond donors (Lipinski definition) is 1. The van der Waals surface area contributed by atoms with Gasteiger partial charge in [-0.25, -0.2) is 8.42 Å². The number of hydrogen-bond acceptors (Lipinski definition) is 5. The lowest BCUT2D eigenvalue weighted by Crippen LogP contribution is -2.53. The molecule has 1 atom stereocenters. The van der Waals surface area contributed by atoms with Gasteiger partial charge in [-0.05, 0) is 20.4 Å². The van der Waals surface area contributed by atoms with Crippen LogP contribution in [0.3, 0.4) is 0 Å². The molecule has 6 nitrogen and oxygen atoms in total. The molecule has 110 valence electrons. The highest BCUT2D eigenvalue weighted by Gasteiger charge is 2.38. The molecule has 1 amide bonds. The van der Waals surface area contributed by atoms with Gasteiger partial charge in [0.05, 0.1) is 18.1 Å². The average molecular weight is 289 g/mol. The number of sulfone groups is 1. The summed E-state index contributed by atoms with van der Waals surface area (Å²) in [6, 6.07) is 0.